The molecule has 0 aromatic heterocycles. The van der Waals surface area contributed by atoms with E-state index < -0.39 is 54.8 Å². The number of rotatable bonds is 14. The topological polar surface area (TPSA) is 191 Å². The van der Waals surface area contributed by atoms with E-state index in [-0.39, 0.29) is 37.4 Å². The van der Waals surface area contributed by atoms with E-state index in [9.17, 15) is 34.3 Å². The number of carbonyl (C=O) groups is 5. The second kappa shape index (κ2) is 13.6. The molecule has 0 radical (unpaired) electrons. The van der Waals surface area contributed by atoms with Crippen molar-refractivity contribution in [1.82, 2.24) is 10.4 Å². The second-order valence-electron chi connectivity index (χ2n) is 6.86. The van der Waals surface area contributed by atoms with E-state index in [0.29, 0.717) is 0 Å². The second-order valence-corrected chi connectivity index (χ2v) is 6.86. The summed E-state index contributed by atoms with van der Waals surface area (Å²) in [6.07, 6.45) is -0.810. The lowest BCUT2D eigenvalue weighted by Gasteiger charge is -2.24. The number of urea groups is 1. The lowest BCUT2D eigenvalue weighted by Crippen LogP contribution is -2.52. The fourth-order valence-electron chi connectivity index (χ4n) is 2.65. The van der Waals surface area contributed by atoms with Gasteiger partial charge in [-0.1, -0.05) is 36.8 Å². The first-order valence-corrected chi connectivity index (χ1v) is 9.77. The number of carbonyl (C=O) groups excluding carboxylic acids is 2. The highest BCUT2D eigenvalue weighted by Crippen LogP contribution is 2.12. The molecule has 12 nitrogen and oxygen atoms in total. The fourth-order valence-corrected chi connectivity index (χ4v) is 2.65. The Labute approximate surface area is 183 Å². The third kappa shape index (κ3) is 9.89. The Morgan fingerprint density at radius 3 is 2.12 bits per heavy atom. The minimum Gasteiger partial charge on any atom is -0.481 e. The van der Waals surface area contributed by atoms with E-state index in [0.717, 1.165) is 5.56 Å². The Morgan fingerprint density at radius 1 is 0.906 bits per heavy atom. The van der Waals surface area contributed by atoms with Crippen molar-refractivity contribution in [3.8, 4) is 0 Å². The summed E-state index contributed by atoms with van der Waals surface area (Å²) in [7, 11) is 0. The molecule has 0 aliphatic carbocycles. The lowest BCUT2D eigenvalue weighted by atomic mass is 10.1. The monoisotopic (exact) mass is 454 g/mol. The number of carboxylic acid groups (broad SMARTS) is 3. The number of nitrogens with zero attached hydrogens (tertiary/aromatic N) is 1. The molecule has 32 heavy (non-hydrogen) atoms. The van der Waals surface area contributed by atoms with Crippen LogP contribution in [0.25, 0.3) is 0 Å². The van der Waals surface area contributed by atoms with Crippen LogP contribution in [0.5, 0.6) is 0 Å². The number of aliphatic carboxylic acids is 3. The molecule has 5 N–H and O–H groups in total. The summed E-state index contributed by atoms with van der Waals surface area (Å²) >= 11 is 0. The molecular formula is C20H26N2O10. The summed E-state index contributed by atoms with van der Waals surface area (Å²) in [6, 6.07) is 4.31. The Balaban J connectivity index is 2.47. The predicted molar refractivity (Wildman–Crippen MR) is 107 cm³/mol. The van der Waals surface area contributed by atoms with Crippen molar-refractivity contribution in [3.63, 3.8) is 0 Å². The van der Waals surface area contributed by atoms with Crippen LogP contribution in [0.2, 0.25) is 0 Å². The van der Waals surface area contributed by atoms with Crippen molar-refractivity contribution in [2.75, 3.05) is 0 Å². The minimum atomic E-state index is -1.69. The lowest BCUT2D eigenvalue weighted by molar-refractivity contribution is -0.157. The van der Waals surface area contributed by atoms with E-state index in [1.165, 1.54) is 0 Å². The number of esters is 1. The summed E-state index contributed by atoms with van der Waals surface area (Å²) in [5.74, 6) is -4.83. The standard InChI is InChI=1S/C20H26N2O10/c23-16(24)11-10-14(18(26)27)21-20(30)22(31)15(19(28)29)8-4-5-9-17(25)32-12-13-6-2-1-3-7-13/h1-3,6-7,14-15,31H,4-5,8-12H2,(H,21,30)(H,23,24)(H,26,27)(H,28,29)/t14-,15-/m0/s1. The zero-order valence-corrected chi connectivity index (χ0v) is 17.2. The van der Waals surface area contributed by atoms with Crippen molar-refractivity contribution in [2.24, 2.45) is 0 Å². The van der Waals surface area contributed by atoms with Gasteiger partial charge in [-0.2, -0.15) is 5.06 Å². The Kier molecular flexibility index (Phi) is 11.2. The highest BCUT2D eigenvalue weighted by atomic mass is 16.5. The molecule has 12 heteroatoms. The van der Waals surface area contributed by atoms with E-state index in [1.54, 1.807) is 24.3 Å². The number of hydrogen-bond acceptors (Lipinski definition) is 7. The molecule has 0 saturated carbocycles. The molecule has 2 amide bonds. The van der Waals surface area contributed by atoms with Crippen LogP contribution in [0.1, 0.15) is 44.1 Å². The first kappa shape index (κ1) is 26.4. The van der Waals surface area contributed by atoms with Crippen LogP contribution in [0, 0.1) is 0 Å². The third-order valence-electron chi connectivity index (χ3n) is 4.38. The van der Waals surface area contributed by atoms with Gasteiger partial charge < -0.3 is 25.4 Å². The molecule has 0 saturated heterocycles. The van der Waals surface area contributed by atoms with Crippen LogP contribution in [0.15, 0.2) is 30.3 Å². The average Bonchev–Trinajstić information content (AvgIpc) is 2.74. The summed E-state index contributed by atoms with van der Waals surface area (Å²) in [6.45, 7) is 0.106. The molecule has 0 spiro atoms. The molecule has 176 valence electrons. The highest BCUT2D eigenvalue weighted by molar-refractivity contribution is 5.85. The Bertz CT molecular complexity index is 799. The predicted octanol–water partition coefficient (Wildman–Crippen LogP) is 1.46. The molecule has 1 aromatic rings. The smallest absolute Gasteiger partial charge is 0.342 e. The fraction of sp³-hybridized carbons (Fsp3) is 0.450. The van der Waals surface area contributed by atoms with Crippen LogP contribution in [-0.2, 0) is 30.5 Å². The molecule has 0 heterocycles. The van der Waals surface area contributed by atoms with Crippen molar-refractivity contribution in [2.45, 2.75) is 57.2 Å². The largest absolute Gasteiger partial charge is 0.481 e. The molecular weight excluding hydrogens is 428 g/mol. The van der Waals surface area contributed by atoms with E-state index in [4.69, 9.17) is 14.9 Å². The summed E-state index contributed by atoms with van der Waals surface area (Å²) < 4.78 is 5.10. The zero-order chi connectivity index (χ0) is 24.1. The number of hydroxylamine groups is 2. The van der Waals surface area contributed by atoms with Gasteiger partial charge in [-0.15, -0.1) is 0 Å². The van der Waals surface area contributed by atoms with Crippen LogP contribution < -0.4 is 5.32 Å². The molecule has 2 atom stereocenters. The number of ether oxygens (including phenoxy) is 1. The molecule has 1 rings (SSSR count). The first-order chi connectivity index (χ1) is 15.1. The summed E-state index contributed by atoms with van der Waals surface area (Å²) in [4.78, 5) is 56.9. The van der Waals surface area contributed by atoms with Crippen LogP contribution >= 0.6 is 0 Å². The van der Waals surface area contributed by atoms with E-state index >= 15 is 0 Å². The maximum atomic E-state index is 12.0. The maximum Gasteiger partial charge on any atom is 0.342 e. The molecule has 0 fully saturated rings. The van der Waals surface area contributed by atoms with Gasteiger partial charge in [0.15, 0.2) is 6.04 Å². The summed E-state index contributed by atoms with van der Waals surface area (Å²) in [5, 5.41) is 38.6. The number of nitrogens with one attached hydrogen (secondary N) is 1. The Hall–Kier alpha value is -3.67. The van der Waals surface area contributed by atoms with Crippen molar-refractivity contribution >= 4 is 29.9 Å². The van der Waals surface area contributed by atoms with Gasteiger partial charge >= 0.3 is 29.9 Å². The number of unbranched alkanes of at least 4 members (excludes halogenated alkanes) is 1. The normalized spacial score (nSPS) is 12.3. The zero-order valence-electron chi connectivity index (χ0n) is 17.2. The van der Waals surface area contributed by atoms with Gasteiger partial charge in [-0.05, 0) is 24.8 Å². The van der Waals surface area contributed by atoms with Gasteiger partial charge in [0.1, 0.15) is 12.6 Å². The molecule has 0 unspecified atom stereocenters. The minimum absolute atomic E-state index is 0.00702. The summed E-state index contributed by atoms with van der Waals surface area (Å²) in [5.41, 5.74) is 0.816. The van der Waals surface area contributed by atoms with Crippen molar-refractivity contribution in [3.05, 3.63) is 35.9 Å². The van der Waals surface area contributed by atoms with Crippen LogP contribution in [0.4, 0.5) is 4.79 Å². The molecule has 0 aliphatic rings. The van der Waals surface area contributed by atoms with Gasteiger partial charge in [0, 0.05) is 12.8 Å². The number of benzene rings is 1. The number of hydrogen-bond donors (Lipinski definition) is 5. The van der Waals surface area contributed by atoms with Gasteiger partial charge in [0.2, 0.25) is 0 Å². The SMILES string of the molecule is O=C(O)CC[C@H](NC(=O)N(O)[C@@H](CCCCC(=O)OCc1ccccc1)C(=O)O)C(=O)O. The van der Waals surface area contributed by atoms with Gasteiger partial charge in [0.25, 0.3) is 0 Å². The third-order valence-corrected chi connectivity index (χ3v) is 4.38. The van der Waals surface area contributed by atoms with Gasteiger partial charge in [0.05, 0.1) is 0 Å². The van der Waals surface area contributed by atoms with Crippen molar-refractivity contribution < 1.29 is 49.2 Å². The quantitative estimate of drug-likeness (QED) is 0.119. The van der Waals surface area contributed by atoms with Crippen LogP contribution in [0.3, 0.4) is 0 Å². The first-order valence-electron chi connectivity index (χ1n) is 9.77. The average molecular weight is 454 g/mol. The molecule has 0 aliphatic heterocycles. The van der Waals surface area contributed by atoms with E-state index in [1.807, 2.05) is 11.4 Å². The number of carboxylic acids is 3. The highest BCUT2D eigenvalue weighted by Gasteiger charge is 2.31. The van der Waals surface area contributed by atoms with Crippen molar-refractivity contribution in [1.29, 1.82) is 0 Å². The molecule has 0 bridgehead atoms. The van der Waals surface area contributed by atoms with E-state index in [2.05, 4.69) is 0 Å². The molecule has 1 aromatic carbocycles. The van der Waals surface area contributed by atoms with Crippen LogP contribution in [-0.4, -0.2) is 67.6 Å². The Morgan fingerprint density at radius 2 is 1.56 bits per heavy atom. The maximum absolute atomic E-state index is 12.0. The van der Waals surface area contributed by atoms with Gasteiger partial charge in [-0.3, -0.25) is 14.8 Å². The number of amides is 2. The van der Waals surface area contributed by atoms with Gasteiger partial charge in [-0.25, -0.2) is 14.4 Å².